The molecule has 0 spiro atoms. The molecule has 0 fully saturated rings. The van der Waals surface area contributed by atoms with Gasteiger partial charge in [0.15, 0.2) is 0 Å². The van der Waals surface area contributed by atoms with Crippen molar-refractivity contribution in [3.8, 4) is 11.8 Å². The van der Waals surface area contributed by atoms with Crippen LogP contribution in [0, 0.1) is 25.2 Å². The van der Waals surface area contributed by atoms with Crippen LogP contribution in [0.4, 0.5) is 5.69 Å². The Balaban J connectivity index is 2.29. The molecule has 0 unspecified atom stereocenters. The lowest BCUT2D eigenvalue weighted by atomic mass is 10.1. The molecular formula is C16H15N3O3. The number of phenols is 1. The van der Waals surface area contributed by atoms with Crippen molar-refractivity contribution in [2.24, 2.45) is 0 Å². The molecule has 0 aliphatic heterocycles. The Morgan fingerprint density at radius 3 is 2.68 bits per heavy atom. The molecule has 0 radical (unpaired) electrons. The summed E-state index contributed by atoms with van der Waals surface area (Å²) in [7, 11) is 0. The lowest BCUT2D eigenvalue weighted by molar-refractivity contribution is -0.116. The van der Waals surface area contributed by atoms with Gasteiger partial charge in [-0.2, -0.15) is 5.26 Å². The predicted molar refractivity (Wildman–Crippen MR) is 81.6 cm³/mol. The minimum Gasteiger partial charge on any atom is -0.506 e. The van der Waals surface area contributed by atoms with Gasteiger partial charge in [-0.05, 0) is 37.6 Å². The van der Waals surface area contributed by atoms with Gasteiger partial charge in [-0.3, -0.25) is 9.59 Å². The number of carbonyl (C=O) groups is 1. The first-order chi connectivity index (χ1) is 10.4. The van der Waals surface area contributed by atoms with Gasteiger partial charge >= 0.3 is 0 Å². The summed E-state index contributed by atoms with van der Waals surface area (Å²) in [5.41, 5.74) is 0.982. The lowest BCUT2D eigenvalue weighted by Gasteiger charge is -2.12. The summed E-state index contributed by atoms with van der Waals surface area (Å²) >= 11 is 0. The smallest absolute Gasteiger partial charge is 0.269 e. The molecule has 0 saturated carbocycles. The van der Waals surface area contributed by atoms with Crippen molar-refractivity contribution in [1.82, 2.24) is 4.57 Å². The first-order valence-corrected chi connectivity index (χ1v) is 6.63. The normalized spacial score (nSPS) is 10.0. The number of nitrogens with zero attached hydrogens (tertiary/aromatic N) is 2. The molecular weight excluding hydrogens is 282 g/mol. The molecule has 1 amide bonds. The van der Waals surface area contributed by atoms with Gasteiger partial charge in [-0.1, -0.05) is 12.1 Å². The van der Waals surface area contributed by atoms with Crippen LogP contribution in [0.1, 0.15) is 16.8 Å². The molecule has 2 N–H and O–H groups in total. The number of aromatic nitrogens is 1. The largest absolute Gasteiger partial charge is 0.506 e. The molecule has 0 bridgehead atoms. The van der Waals surface area contributed by atoms with Crippen molar-refractivity contribution in [3.63, 3.8) is 0 Å². The average molecular weight is 297 g/mol. The Morgan fingerprint density at radius 2 is 2.05 bits per heavy atom. The highest BCUT2D eigenvalue weighted by Crippen LogP contribution is 2.21. The van der Waals surface area contributed by atoms with Crippen molar-refractivity contribution in [2.75, 3.05) is 5.32 Å². The highest BCUT2D eigenvalue weighted by Gasteiger charge is 2.13. The van der Waals surface area contributed by atoms with Gasteiger partial charge in [0, 0.05) is 5.69 Å². The van der Waals surface area contributed by atoms with E-state index in [0.29, 0.717) is 11.3 Å². The number of para-hydroxylation sites is 2. The molecule has 1 aromatic carbocycles. The summed E-state index contributed by atoms with van der Waals surface area (Å²) in [6.45, 7) is 3.15. The molecule has 22 heavy (non-hydrogen) atoms. The Morgan fingerprint density at radius 1 is 1.36 bits per heavy atom. The van der Waals surface area contributed by atoms with Crippen LogP contribution in [-0.4, -0.2) is 15.6 Å². The third-order valence-corrected chi connectivity index (χ3v) is 3.30. The van der Waals surface area contributed by atoms with Crippen molar-refractivity contribution in [3.05, 3.63) is 57.5 Å². The number of hydrogen-bond acceptors (Lipinski definition) is 4. The average Bonchev–Trinajstić information content (AvgIpc) is 2.46. The van der Waals surface area contributed by atoms with E-state index in [0.717, 1.165) is 0 Å². The van der Waals surface area contributed by atoms with E-state index in [1.807, 2.05) is 6.07 Å². The van der Waals surface area contributed by atoms with Crippen LogP contribution in [0.2, 0.25) is 0 Å². The van der Waals surface area contributed by atoms with Gasteiger partial charge in [0.25, 0.3) is 5.56 Å². The Labute approximate surface area is 127 Å². The van der Waals surface area contributed by atoms with Crippen LogP contribution in [0.5, 0.6) is 5.75 Å². The quantitative estimate of drug-likeness (QED) is 0.843. The molecule has 112 valence electrons. The number of pyridine rings is 1. The van der Waals surface area contributed by atoms with Crippen LogP contribution in [0.15, 0.2) is 35.1 Å². The molecule has 2 rings (SSSR count). The van der Waals surface area contributed by atoms with E-state index in [4.69, 9.17) is 5.26 Å². The second-order valence-electron chi connectivity index (χ2n) is 4.91. The third kappa shape index (κ3) is 2.99. The minimum absolute atomic E-state index is 0.0287. The number of benzene rings is 1. The molecule has 1 aromatic heterocycles. The zero-order valence-electron chi connectivity index (χ0n) is 12.3. The van der Waals surface area contributed by atoms with Crippen molar-refractivity contribution in [2.45, 2.75) is 20.4 Å². The maximum Gasteiger partial charge on any atom is 0.269 e. The molecule has 1 heterocycles. The molecule has 6 heteroatoms. The number of rotatable bonds is 3. The highest BCUT2D eigenvalue weighted by molar-refractivity contribution is 5.92. The fourth-order valence-electron chi connectivity index (χ4n) is 2.17. The monoisotopic (exact) mass is 297 g/mol. The Hall–Kier alpha value is -3.07. The first-order valence-electron chi connectivity index (χ1n) is 6.63. The van der Waals surface area contributed by atoms with Crippen LogP contribution >= 0.6 is 0 Å². The molecule has 0 aliphatic rings. The van der Waals surface area contributed by atoms with Crippen molar-refractivity contribution in [1.29, 1.82) is 5.26 Å². The van der Waals surface area contributed by atoms with E-state index in [1.165, 1.54) is 10.6 Å². The van der Waals surface area contributed by atoms with Crippen molar-refractivity contribution >= 4 is 11.6 Å². The van der Waals surface area contributed by atoms with E-state index < -0.39 is 11.5 Å². The van der Waals surface area contributed by atoms with Crippen LogP contribution in [-0.2, 0) is 11.3 Å². The van der Waals surface area contributed by atoms with E-state index in [2.05, 4.69) is 5.32 Å². The van der Waals surface area contributed by atoms with E-state index in [-0.39, 0.29) is 23.5 Å². The van der Waals surface area contributed by atoms with E-state index in [1.54, 1.807) is 38.1 Å². The summed E-state index contributed by atoms with van der Waals surface area (Å²) in [6.07, 6.45) is 0. The van der Waals surface area contributed by atoms with Gasteiger partial charge in [-0.25, -0.2) is 0 Å². The molecule has 0 saturated heterocycles. The lowest BCUT2D eigenvalue weighted by Crippen LogP contribution is -2.31. The number of nitriles is 1. The van der Waals surface area contributed by atoms with Gasteiger partial charge in [-0.15, -0.1) is 0 Å². The number of aryl methyl sites for hydroxylation is 2. The van der Waals surface area contributed by atoms with Gasteiger partial charge in [0.05, 0.1) is 5.69 Å². The van der Waals surface area contributed by atoms with Crippen LogP contribution in [0.25, 0.3) is 0 Å². The molecule has 2 aromatic rings. The number of anilines is 1. The van der Waals surface area contributed by atoms with Gasteiger partial charge < -0.3 is 15.0 Å². The van der Waals surface area contributed by atoms with E-state index >= 15 is 0 Å². The SMILES string of the molecule is Cc1cc(C)n(CC(=O)Nc2ccccc2O)c(=O)c1C#N. The first kappa shape index (κ1) is 15.3. The summed E-state index contributed by atoms with van der Waals surface area (Å²) in [5, 5.41) is 21.2. The maximum atomic E-state index is 12.2. The highest BCUT2D eigenvalue weighted by atomic mass is 16.3. The molecule has 0 aliphatic carbocycles. The standard InChI is InChI=1S/C16H15N3O3/c1-10-7-11(2)19(16(22)12(10)8-17)9-15(21)18-13-5-3-4-6-14(13)20/h3-7,20H,9H2,1-2H3,(H,18,21). The molecule has 0 atom stereocenters. The van der Waals surface area contributed by atoms with Gasteiger partial charge in [0.1, 0.15) is 23.9 Å². The Bertz CT molecular complexity index is 832. The summed E-state index contributed by atoms with van der Waals surface area (Å²) in [6, 6.07) is 9.86. The zero-order chi connectivity index (χ0) is 16.3. The second-order valence-corrected chi connectivity index (χ2v) is 4.91. The van der Waals surface area contributed by atoms with E-state index in [9.17, 15) is 14.7 Å². The zero-order valence-corrected chi connectivity index (χ0v) is 12.3. The number of aromatic hydroxyl groups is 1. The summed E-state index contributed by atoms with van der Waals surface area (Å²) in [4.78, 5) is 24.3. The molecule has 6 nitrogen and oxygen atoms in total. The number of hydrogen-bond donors (Lipinski definition) is 2. The fourth-order valence-corrected chi connectivity index (χ4v) is 2.17. The number of amides is 1. The summed E-state index contributed by atoms with van der Waals surface area (Å²) in [5.74, 6) is -0.513. The number of phenolic OH excluding ortho intramolecular Hbond substituents is 1. The van der Waals surface area contributed by atoms with Crippen LogP contribution < -0.4 is 10.9 Å². The second kappa shape index (κ2) is 6.14. The van der Waals surface area contributed by atoms with Gasteiger partial charge in [0.2, 0.25) is 5.91 Å². The summed E-state index contributed by atoms with van der Waals surface area (Å²) < 4.78 is 1.24. The predicted octanol–water partition coefficient (Wildman–Crippen LogP) is 1.68. The maximum absolute atomic E-state index is 12.2. The Kier molecular flexibility index (Phi) is 4.28. The van der Waals surface area contributed by atoms with Crippen molar-refractivity contribution < 1.29 is 9.90 Å². The minimum atomic E-state index is -0.493. The number of nitrogens with one attached hydrogen (secondary N) is 1. The van der Waals surface area contributed by atoms with Crippen LogP contribution in [0.3, 0.4) is 0 Å². The fraction of sp³-hybridized carbons (Fsp3) is 0.188. The topological polar surface area (TPSA) is 95.1 Å². The third-order valence-electron chi connectivity index (χ3n) is 3.30. The number of carbonyl (C=O) groups excluding carboxylic acids is 1.